The number of carboxylic acid groups (broad SMARTS) is 2. The summed E-state index contributed by atoms with van der Waals surface area (Å²) in [4.78, 5) is 23.6. The summed E-state index contributed by atoms with van der Waals surface area (Å²) < 4.78 is 108. The van der Waals surface area contributed by atoms with Crippen LogP contribution in [-0.2, 0) is 40.5 Å². The zero-order valence-electron chi connectivity index (χ0n) is 26.6. The van der Waals surface area contributed by atoms with Crippen molar-refractivity contribution in [2.45, 2.75) is 16.0 Å². The summed E-state index contributed by atoms with van der Waals surface area (Å²) in [6.07, 6.45) is 0.257. The average Bonchev–Trinajstić information content (AvgIpc) is 3.75. The van der Waals surface area contributed by atoms with Crippen LogP contribution in [-0.4, -0.2) is 107 Å². The molecule has 0 spiro atoms. The van der Waals surface area contributed by atoms with E-state index in [4.69, 9.17) is 10.9 Å². The first-order chi connectivity index (χ1) is 24.2. The monoisotopic (exact) mass is 800 g/mol. The van der Waals surface area contributed by atoms with E-state index in [9.17, 15) is 53.5 Å². The molecule has 4 aromatic rings. The van der Waals surface area contributed by atoms with Crippen molar-refractivity contribution in [3.8, 4) is 22.3 Å². The fraction of sp³-hybridized carbons (Fsp3) is 0.214. The van der Waals surface area contributed by atoms with Crippen LogP contribution < -0.4 is 25.6 Å². The molecule has 0 radical (unpaired) electrons. The van der Waals surface area contributed by atoms with Crippen LogP contribution in [0, 0.1) is 0 Å². The lowest BCUT2D eigenvalue weighted by atomic mass is 10.1. The zero-order valence-corrected chi connectivity index (χ0v) is 29.9. The molecule has 1 aliphatic heterocycles. The summed E-state index contributed by atoms with van der Waals surface area (Å²) in [6.45, 7) is 0.821. The number of sulfonamides is 2. The molecule has 1 fully saturated rings. The van der Waals surface area contributed by atoms with Gasteiger partial charge in [-0.3, -0.25) is 0 Å². The number of rotatable bonds is 14. The molecule has 280 valence electrons. The second-order valence-corrected chi connectivity index (χ2v) is 17.9. The minimum atomic E-state index is -4.74. The van der Waals surface area contributed by atoms with Gasteiger partial charge in [-0.25, -0.2) is 44.2 Å². The number of benzene rings is 2. The fourth-order valence-electron chi connectivity index (χ4n) is 5.35. The van der Waals surface area contributed by atoms with Crippen molar-refractivity contribution in [3.63, 3.8) is 0 Å². The molecule has 0 aliphatic carbocycles. The molecule has 24 heteroatoms. The first-order valence-electron chi connectivity index (χ1n) is 14.9. The normalized spacial score (nSPS) is 15.3. The smallest absolute Gasteiger partial charge is 0.354 e. The van der Waals surface area contributed by atoms with Crippen molar-refractivity contribution >= 4 is 52.4 Å². The molecule has 52 heavy (non-hydrogen) atoms. The van der Waals surface area contributed by atoms with Crippen molar-refractivity contribution < 1.29 is 53.5 Å². The second-order valence-electron chi connectivity index (χ2n) is 11.2. The molecule has 2 aromatic carbocycles. The van der Waals surface area contributed by atoms with Gasteiger partial charge in [-0.15, -0.1) is 0 Å². The van der Waals surface area contributed by atoms with Gasteiger partial charge in [0.15, 0.2) is 11.4 Å². The van der Waals surface area contributed by atoms with Gasteiger partial charge in [-0.1, -0.05) is 24.3 Å². The number of aromatic carboxylic acids is 2. The molecule has 2 aromatic heterocycles. The van der Waals surface area contributed by atoms with E-state index in [0.29, 0.717) is 21.0 Å². The Morgan fingerprint density at radius 1 is 0.731 bits per heavy atom. The Morgan fingerprint density at radius 3 is 1.67 bits per heavy atom. The van der Waals surface area contributed by atoms with Gasteiger partial charge < -0.3 is 21.3 Å². The Labute approximate surface area is 298 Å². The SMILES string of the molecule is NC(CNS(=O)(=O)c1ccc(-c2ccn(S(N)(=O)=O)c2C(=O)O)cc1)NS(=O)(=O)n1ccc(-c2ccc(S(=O)(=O)N3CCNCC3)cc2)c1C(=O)O. The average molecular weight is 801 g/mol. The fourth-order valence-corrected chi connectivity index (χ4v) is 9.73. The molecule has 20 nitrogen and oxygen atoms in total. The van der Waals surface area contributed by atoms with Gasteiger partial charge in [-0.2, -0.15) is 25.9 Å². The van der Waals surface area contributed by atoms with Crippen LogP contribution in [0.15, 0.2) is 82.8 Å². The Kier molecular flexibility index (Phi) is 10.8. The summed E-state index contributed by atoms with van der Waals surface area (Å²) in [7, 11) is -17.4. The molecule has 0 bridgehead atoms. The number of piperazine rings is 1. The van der Waals surface area contributed by atoms with Crippen LogP contribution in [0.5, 0.6) is 0 Å². The van der Waals surface area contributed by atoms with Crippen LogP contribution in [0.4, 0.5) is 0 Å². The summed E-state index contributed by atoms with van der Waals surface area (Å²) >= 11 is 0. The van der Waals surface area contributed by atoms with Crippen molar-refractivity contribution in [1.29, 1.82) is 0 Å². The molecule has 1 atom stereocenters. The number of nitrogens with zero attached hydrogens (tertiary/aromatic N) is 3. The topological polar surface area (TPSA) is 312 Å². The largest absolute Gasteiger partial charge is 0.477 e. The van der Waals surface area contributed by atoms with Crippen molar-refractivity contribution in [2.75, 3.05) is 32.7 Å². The summed E-state index contributed by atoms with van der Waals surface area (Å²) in [5.74, 6) is -3.25. The van der Waals surface area contributed by atoms with Crippen LogP contribution in [0.25, 0.3) is 22.3 Å². The molecule has 5 rings (SSSR count). The van der Waals surface area contributed by atoms with E-state index in [1.54, 1.807) is 0 Å². The number of nitrogens with one attached hydrogen (secondary N) is 3. The third-order valence-corrected chi connectivity index (χ3v) is 13.4. The lowest BCUT2D eigenvalue weighted by Gasteiger charge is -2.26. The zero-order chi connectivity index (χ0) is 38.2. The number of carbonyl (C=O) groups is 2. The molecular formula is C28H32N8O12S4. The molecule has 1 unspecified atom stereocenters. The van der Waals surface area contributed by atoms with E-state index in [1.165, 1.54) is 52.8 Å². The molecule has 1 aliphatic rings. The van der Waals surface area contributed by atoms with Crippen LogP contribution in [0.2, 0.25) is 0 Å². The maximum Gasteiger partial charge on any atom is 0.354 e. The quantitative estimate of drug-likeness (QED) is 0.0723. The Morgan fingerprint density at radius 2 is 1.19 bits per heavy atom. The molecule has 3 heterocycles. The summed E-state index contributed by atoms with van der Waals surface area (Å²) in [6, 6.07) is 12.2. The van der Waals surface area contributed by atoms with Crippen molar-refractivity contribution in [1.82, 2.24) is 27.0 Å². The molecular weight excluding hydrogens is 769 g/mol. The van der Waals surface area contributed by atoms with E-state index < -0.39 is 76.5 Å². The lowest BCUT2D eigenvalue weighted by Crippen LogP contribution is -2.50. The van der Waals surface area contributed by atoms with Crippen LogP contribution in [0.1, 0.15) is 21.0 Å². The maximum atomic E-state index is 13.2. The van der Waals surface area contributed by atoms with E-state index in [0.717, 1.165) is 24.5 Å². The maximum absolute atomic E-state index is 13.2. The highest BCUT2D eigenvalue weighted by molar-refractivity contribution is 7.89. The molecule has 1 saturated heterocycles. The highest BCUT2D eigenvalue weighted by Gasteiger charge is 2.29. The number of nitrogens with two attached hydrogens (primary N) is 2. The Balaban J connectivity index is 1.29. The third-order valence-electron chi connectivity index (χ3n) is 7.79. The molecule has 9 N–H and O–H groups in total. The van der Waals surface area contributed by atoms with Gasteiger partial charge in [-0.05, 0) is 47.5 Å². The first-order valence-corrected chi connectivity index (χ1v) is 20.7. The van der Waals surface area contributed by atoms with Gasteiger partial charge in [0.1, 0.15) is 0 Å². The number of hydrogen-bond donors (Lipinski definition) is 7. The third kappa shape index (κ3) is 7.94. The Hall–Kier alpha value is -4.50. The summed E-state index contributed by atoms with van der Waals surface area (Å²) in [5.41, 5.74) is 4.70. The van der Waals surface area contributed by atoms with Gasteiger partial charge in [0.25, 0.3) is 0 Å². The molecule has 0 saturated carbocycles. The first kappa shape index (κ1) is 38.7. The number of hydrogen-bond acceptors (Lipinski definition) is 12. The van der Waals surface area contributed by atoms with Gasteiger partial charge in [0.05, 0.1) is 16.0 Å². The van der Waals surface area contributed by atoms with Crippen molar-refractivity contribution in [3.05, 3.63) is 84.4 Å². The lowest BCUT2D eigenvalue weighted by molar-refractivity contribution is 0.0679. The minimum Gasteiger partial charge on any atom is -0.477 e. The predicted molar refractivity (Wildman–Crippen MR) is 184 cm³/mol. The number of carboxylic acids is 2. The second kappa shape index (κ2) is 14.5. The van der Waals surface area contributed by atoms with E-state index in [-0.39, 0.29) is 45.1 Å². The van der Waals surface area contributed by atoms with Crippen LogP contribution >= 0.6 is 0 Å². The van der Waals surface area contributed by atoms with E-state index in [1.807, 2.05) is 4.72 Å². The van der Waals surface area contributed by atoms with Gasteiger partial charge >= 0.3 is 32.4 Å². The highest BCUT2D eigenvalue weighted by atomic mass is 32.2. The van der Waals surface area contributed by atoms with Gasteiger partial charge in [0, 0.05) is 56.2 Å². The van der Waals surface area contributed by atoms with Crippen molar-refractivity contribution in [2.24, 2.45) is 10.9 Å². The van der Waals surface area contributed by atoms with Gasteiger partial charge in [0.2, 0.25) is 20.0 Å². The highest BCUT2D eigenvalue weighted by Crippen LogP contribution is 2.29. The van der Waals surface area contributed by atoms with E-state index in [2.05, 4.69) is 10.0 Å². The van der Waals surface area contributed by atoms with E-state index >= 15 is 0 Å². The Bertz CT molecular complexity index is 2460. The number of aromatic nitrogens is 2. The molecule has 0 amide bonds. The standard InChI is InChI=1S/C28H32N8O12S4/c29-24(17-32-49(41,42)20-5-1-18(2-6-20)22-9-13-35(51(30,45)46)25(22)27(37)38)33-52(47,48)36-14-10-23(26(36)28(39)40)19-3-7-21(8-4-19)50(43,44)34-15-11-31-12-16-34/h1-10,13-14,24,31-33H,11-12,15-17,29H2,(H,37,38)(H,39,40)(H2,30,45,46). The summed E-state index contributed by atoms with van der Waals surface area (Å²) in [5, 5.41) is 27.6. The van der Waals surface area contributed by atoms with Crippen LogP contribution in [0.3, 0.4) is 0 Å². The predicted octanol–water partition coefficient (Wildman–Crippen LogP) is -1.39. The minimum absolute atomic E-state index is 0.0275.